The van der Waals surface area contributed by atoms with Gasteiger partial charge >= 0.3 is 37.4 Å². The number of hydrogen-bond donors (Lipinski definition) is 3. The molecule has 0 heterocycles. The second kappa shape index (κ2) is 9.58. The molecule has 0 fully saturated rings. The van der Waals surface area contributed by atoms with Gasteiger partial charge in [-0.3, -0.25) is 0 Å². The quantitative estimate of drug-likeness (QED) is 0.309. The maximum absolute atomic E-state index is 8.88. The summed E-state index contributed by atoms with van der Waals surface area (Å²) in [6.07, 6.45) is 0. The zero-order chi connectivity index (χ0) is 4.50. The van der Waals surface area contributed by atoms with Crippen LogP contribution in [0.15, 0.2) is 0 Å². The third-order valence-corrected chi connectivity index (χ3v) is 0. The molecule has 0 aromatic rings. The van der Waals surface area contributed by atoms with Gasteiger partial charge in [-0.2, -0.15) is 0 Å². The minimum Gasteiger partial charge on any atom is -1.00 e. The Kier molecular flexibility index (Phi) is 26.8. The smallest absolute Gasteiger partial charge is 1.00 e. The van der Waals surface area contributed by atoms with Crippen LogP contribution in [0.25, 0.3) is 0 Å². The molecule has 0 rings (SSSR count). The van der Waals surface area contributed by atoms with Crippen molar-refractivity contribution in [1.82, 2.24) is 0 Å². The van der Waals surface area contributed by atoms with Crippen molar-refractivity contribution in [3.05, 3.63) is 0 Å². The Morgan fingerprint density at radius 2 is 1.25 bits per heavy atom. The van der Waals surface area contributed by atoms with E-state index in [0.29, 0.717) is 0 Å². The van der Waals surface area contributed by atoms with Gasteiger partial charge in [0, 0.05) is 44.8 Å². The summed E-state index contributed by atoms with van der Waals surface area (Å²) in [7, 11) is -4.64. The Hall–Kier alpha value is 2.58. The van der Waals surface area contributed by atoms with Crippen LogP contribution < -0.4 is 29.6 Å². The number of hydrogen-bond acceptors (Lipinski definition) is 1. The van der Waals surface area contributed by atoms with Crippen molar-refractivity contribution in [1.29, 1.82) is 0 Å². The molecule has 0 aliphatic rings. The van der Waals surface area contributed by atoms with E-state index in [0.717, 1.165) is 0 Å². The van der Waals surface area contributed by atoms with Crippen LogP contribution in [0.1, 0.15) is 1.43 Å². The molecule has 0 unspecified atom stereocenters. The Bertz CT molecular complexity index is 66.7. The van der Waals surface area contributed by atoms with E-state index >= 15 is 0 Å². The van der Waals surface area contributed by atoms with Gasteiger partial charge in [-0.25, -0.2) is 4.57 Å². The van der Waals surface area contributed by atoms with Gasteiger partial charge in [-0.1, -0.05) is 0 Å². The van der Waals surface area contributed by atoms with Crippen molar-refractivity contribution in [3.63, 3.8) is 0 Å². The van der Waals surface area contributed by atoms with E-state index in [4.69, 9.17) is 19.2 Å². The molecule has 0 bridgehead atoms. The fourth-order valence-corrected chi connectivity index (χ4v) is 0. The van der Waals surface area contributed by atoms with Crippen molar-refractivity contribution < 1.29 is 95.0 Å². The zero-order valence-electron chi connectivity index (χ0n) is 5.14. The maximum Gasteiger partial charge on any atom is 1.00 e. The van der Waals surface area contributed by atoms with Crippen LogP contribution in [0.4, 0.5) is 0 Å². The molecule has 3 N–H and O–H groups in total. The Labute approximate surface area is 101 Å². The van der Waals surface area contributed by atoms with E-state index in [9.17, 15) is 0 Å². The van der Waals surface area contributed by atoms with Gasteiger partial charge in [0.15, 0.2) is 0 Å². The third-order valence-electron chi connectivity index (χ3n) is 0. The minimum atomic E-state index is -4.64. The van der Waals surface area contributed by atoms with Crippen molar-refractivity contribution in [2.75, 3.05) is 0 Å². The fraction of sp³-hybridized carbons (Fsp3) is 0. The summed E-state index contributed by atoms with van der Waals surface area (Å²) in [5, 5.41) is 0. The van der Waals surface area contributed by atoms with Crippen LogP contribution in [-0.4, -0.2) is 14.7 Å². The molecule has 4 nitrogen and oxygen atoms in total. The van der Waals surface area contributed by atoms with Gasteiger partial charge in [-0.15, -0.1) is 0 Å². The summed E-state index contributed by atoms with van der Waals surface area (Å²) in [6.45, 7) is 0. The molecule has 0 aromatic heterocycles. The molecule has 0 saturated heterocycles. The monoisotopic (exact) mass is 263 g/mol. The van der Waals surface area contributed by atoms with E-state index < -0.39 is 7.82 Å². The molecule has 0 aromatic carbocycles. The zero-order valence-corrected chi connectivity index (χ0v) is 10.9. The first-order valence-electron chi connectivity index (χ1n) is 0.783. The Morgan fingerprint density at radius 3 is 1.25 bits per heavy atom. The van der Waals surface area contributed by atoms with Gasteiger partial charge < -0.3 is 16.1 Å². The summed E-state index contributed by atoms with van der Waals surface area (Å²) < 4.78 is 8.88. The molecular formula is H4NaO4PVZr. The first-order valence-corrected chi connectivity index (χ1v) is 2.35. The summed E-state index contributed by atoms with van der Waals surface area (Å²) in [5.41, 5.74) is 0. The van der Waals surface area contributed by atoms with Crippen LogP contribution in [0, 0.1) is 0 Å². The van der Waals surface area contributed by atoms with Crippen LogP contribution in [-0.2, 0) is 49.3 Å². The third kappa shape index (κ3) is 74.1. The van der Waals surface area contributed by atoms with Crippen molar-refractivity contribution in [2.24, 2.45) is 0 Å². The molecule has 0 atom stereocenters. The van der Waals surface area contributed by atoms with Gasteiger partial charge in [0.1, 0.15) is 0 Å². The topological polar surface area (TPSA) is 77.8 Å². The van der Waals surface area contributed by atoms with Gasteiger partial charge in [-0.05, 0) is 0 Å². The predicted octanol–water partition coefficient (Wildman–Crippen LogP) is -3.82. The Morgan fingerprint density at radius 1 is 1.25 bits per heavy atom. The molecule has 0 saturated carbocycles. The van der Waals surface area contributed by atoms with E-state index in [-0.39, 0.29) is 75.7 Å². The van der Waals surface area contributed by atoms with Crippen molar-refractivity contribution >= 4 is 7.82 Å². The van der Waals surface area contributed by atoms with E-state index in [1.807, 2.05) is 0 Å². The first kappa shape index (κ1) is 22.4. The van der Waals surface area contributed by atoms with Crippen LogP contribution >= 0.6 is 7.82 Å². The summed E-state index contributed by atoms with van der Waals surface area (Å²) in [5.74, 6) is 0. The molecule has 0 aliphatic carbocycles. The Balaban J connectivity index is -0.0000000133. The number of rotatable bonds is 0. The minimum absolute atomic E-state index is 0. The van der Waals surface area contributed by atoms with Crippen LogP contribution in [0.3, 0.4) is 0 Å². The standard InChI is InChI=1S/Na.H3O4P.V.Zr.H/c;1-5(2,3)4;;;/h;(H3,1,2,3,4);;;/q+1;;;;-1. The predicted molar refractivity (Wildman–Crippen MR) is 15.4 cm³/mol. The molecular weight excluding hydrogens is 260 g/mol. The molecule has 0 spiro atoms. The summed E-state index contributed by atoms with van der Waals surface area (Å²) >= 11 is 0. The maximum atomic E-state index is 8.88. The van der Waals surface area contributed by atoms with E-state index in [1.165, 1.54) is 0 Å². The fourth-order valence-electron chi connectivity index (χ4n) is 0. The summed E-state index contributed by atoms with van der Waals surface area (Å²) in [4.78, 5) is 21.6. The molecule has 0 aliphatic heterocycles. The van der Waals surface area contributed by atoms with E-state index in [2.05, 4.69) is 0 Å². The largest absolute Gasteiger partial charge is 1.00 e. The summed E-state index contributed by atoms with van der Waals surface area (Å²) in [6, 6.07) is 0. The molecule has 43 valence electrons. The number of phosphoric acid groups is 1. The molecule has 8 heteroatoms. The van der Waals surface area contributed by atoms with Crippen molar-refractivity contribution in [3.8, 4) is 0 Å². The normalized spacial score (nSPS) is 7.38. The first-order chi connectivity index (χ1) is 2.00. The van der Waals surface area contributed by atoms with Crippen molar-refractivity contribution in [2.45, 2.75) is 0 Å². The van der Waals surface area contributed by atoms with Crippen LogP contribution in [0.5, 0.6) is 0 Å². The van der Waals surface area contributed by atoms with Gasteiger partial charge in [0.25, 0.3) is 0 Å². The second-order valence-corrected chi connectivity index (χ2v) is 1.54. The molecule has 8 heavy (non-hydrogen) atoms. The van der Waals surface area contributed by atoms with E-state index in [1.54, 1.807) is 0 Å². The molecule has 1 radical (unpaired) electrons. The van der Waals surface area contributed by atoms with Crippen LogP contribution in [0.2, 0.25) is 0 Å². The molecule has 0 amide bonds. The second-order valence-electron chi connectivity index (χ2n) is 0.513. The SMILES string of the molecule is O=P(O)(O)O.[H-].[Na+].[V].[Zr]. The average Bonchev–Trinajstić information content (AvgIpc) is 0.722. The average molecular weight is 264 g/mol. The van der Waals surface area contributed by atoms with Gasteiger partial charge in [0.2, 0.25) is 0 Å². The van der Waals surface area contributed by atoms with Gasteiger partial charge in [0.05, 0.1) is 0 Å².